The minimum Gasteiger partial charge on any atom is -0.472 e. The molecule has 0 aliphatic carbocycles. The molecule has 0 saturated heterocycles. The van der Waals surface area contributed by atoms with E-state index in [1.807, 2.05) is 18.2 Å². The number of amides is 1. The second-order valence-corrected chi connectivity index (χ2v) is 5.46. The summed E-state index contributed by atoms with van der Waals surface area (Å²) in [5.41, 5.74) is 3.68. The molecule has 1 amide bonds. The monoisotopic (exact) mass is 304 g/mol. The van der Waals surface area contributed by atoms with Gasteiger partial charge in [0, 0.05) is 34.0 Å². The number of carbonyl (C=O) groups excluding carboxylic acids is 1. The first kappa shape index (κ1) is 13.6. The number of furan rings is 1. The lowest BCUT2D eigenvalue weighted by atomic mass is 10.1. The van der Waals surface area contributed by atoms with E-state index >= 15 is 0 Å². The molecule has 4 nitrogen and oxygen atoms in total. The van der Waals surface area contributed by atoms with Crippen molar-refractivity contribution in [2.75, 3.05) is 5.32 Å². The van der Waals surface area contributed by atoms with Gasteiger partial charge in [0.25, 0.3) is 5.91 Å². The number of anilines is 1. The zero-order valence-electron chi connectivity index (χ0n) is 12.7. The summed E-state index contributed by atoms with van der Waals surface area (Å²) in [4.78, 5) is 12.2. The third-order valence-corrected chi connectivity index (χ3v) is 4.13. The SMILES string of the molecule is CCn1c2ccccc2c2cc(NC(=O)c3ccoc3)ccc21. The van der Waals surface area contributed by atoms with E-state index < -0.39 is 0 Å². The number of carbonyl (C=O) groups is 1. The van der Waals surface area contributed by atoms with Crippen molar-refractivity contribution < 1.29 is 9.21 Å². The molecule has 4 rings (SSSR count). The number of hydrogen-bond acceptors (Lipinski definition) is 2. The summed E-state index contributed by atoms with van der Waals surface area (Å²) in [5.74, 6) is -0.169. The Morgan fingerprint density at radius 1 is 1.09 bits per heavy atom. The zero-order valence-corrected chi connectivity index (χ0v) is 12.7. The third-order valence-electron chi connectivity index (χ3n) is 4.13. The van der Waals surface area contributed by atoms with Crippen molar-refractivity contribution in [1.82, 2.24) is 4.57 Å². The maximum Gasteiger partial charge on any atom is 0.258 e. The Bertz CT molecular complexity index is 997. The minimum absolute atomic E-state index is 0.169. The first-order valence-corrected chi connectivity index (χ1v) is 7.62. The number of aromatic nitrogens is 1. The number of hydrogen-bond donors (Lipinski definition) is 1. The first-order chi connectivity index (χ1) is 11.3. The molecule has 23 heavy (non-hydrogen) atoms. The quantitative estimate of drug-likeness (QED) is 0.598. The number of rotatable bonds is 3. The molecule has 1 N–H and O–H groups in total. The topological polar surface area (TPSA) is 47.2 Å². The van der Waals surface area contributed by atoms with Crippen molar-refractivity contribution in [2.24, 2.45) is 0 Å². The largest absolute Gasteiger partial charge is 0.472 e. The van der Waals surface area contributed by atoms with Gasteiger partial charge in [-0.2, -0.15) is 0 Å². The van der Waals surface area contributed by atoms with Gasteiger partial charge in [-0.25, -0.2) is 0 Å². The predicted molar refractivity (Wildman–Crippen MR) is 91.8 cm³/mol. The Morgan fingerprint density at radius 3 is 2.70 bits per heavy atom. The molecule has 0 saturated carbocycles. The van der Waals surface area contributed by atoms with Gasteiger partial charge in [0.05, 0.1) is 11.8 Å². The summed E-state index contributed by atoms with van der Waals surface area (Å²) >= 11 is 0. The fourth-order valence-corrected chi connectivity index (χ4v) is 3.07. The summed E-state index contributed by atoms with van der Waals surface area (Å²) in [7, 11) is 0. The van der Waals surface area contributed by atoms with Crippen LogP contribution in [0.15, 0.2) is 65.5 Å². The highest BCUT2D eigenvalue weighted by Gasteiger charge is 2.11. The van der Waals surface area contributed by atoms with Gasteiger partial charge in [0.2, 0.25) is 0 Å². The summed E-state index contributed by atoms with van der Waals surface area (Å²) in [6, 6.07) is 16.0. The van der Waals surface area contributed by atoms with Crippen LogP contribution >= 0.6 is 0 Å². The molecule has 2 aromatic carbocycles. The van der Waals surface area contributed by atoms with E-state index in [0.717, 1.165) is 17.6 Å². The normalized spacial score (nSPS) is 11.2. The molecule has 2 aromatic heterocycles. The van der Waals surface area contributed by atoms with Gasteiger partial charge in [-0.1, -0.05) is 18.2 Å². The van der Waals surface area contributed by atoms with Crippen molar-refractivity contribution in [3.8, 4) is 0 Å². The lowest BCUT2D eigenvalue weighted by molar-refractivity contribution is 0.102. The van der Waals surface area contributed by atoms with Gasteiger partial charge in [0.15, 0.2) is 0 Å². The molecule has 0 aliphatic rings. The Kier molecular flexibility index (Phi) is 3.15. The van der Waals surface area contributed by atoms with Crippen LogP contribution in [0.3, 0.4) is 0 Å². The number of fused-ring (bicyclic) bond motifs is 3. The van der Waals surface area contributed by atoms with E-state index in [9.17, 15) is 4.79 Å². The molecular formula is C19H16N2O2. The fraction of sp³-hybridized carbons (Fsp3) is 0.105. The van der Waals surface area contributed by atoms with Gasteiger partial charge < -0.3 is 14.3 Å². The number of para-hydroxylation sites is 1. The molecule has 0 fully saturated rings. The molecule has 4 heteroatoms. The van der Waals surface area contributed by atoms with E-state index in [2.05, 4.69) is 41.1 Å². The molecule has 0 atom stereocenters. The molecule has 2 heterocycles. The average molecular weight is 304 g/mol. The van der Waals surface area contributed by atoms with Gasteiger partial charge in [-0.05, 0) is 37.3 Å². The van der Waals surface area contributed by atoms with E-state index in [4.69, 9.17) is 4.42 Å². The third kappa shape index (κ3) is 2.19. The lowest BCUT2D eigenvalue weighted by Crippen LogP contribution is -2.10. The average Bonchev–Trinajstić information content (AvgIpc) is 3.21. The first-order valence-electron chi connectivity index (χ1n) is 7.62. The fourth-order valence-electron chi connectivity index (χ4n) is 3.07. The molecule has 0 spiro atoms. The predicted octanol–water partition coefficient (Wildman–Crippen LogP) is 4.66. The van der Waals surface area contributed by atoms with E-state index in [0.29, 0.717) is 5.56 Å². The van der Waals surface area contributed by atoms with Crippen molar-refractivity contribution in [3.63, 3.8) is 0 Å². The number of nitrogens with zero attached hydrogens (tertiary/aromatic N) is 1. The summed E-state index contributed by atoms with van der Waals surface area (Å²) in [6.07, 6.45) is 2.93. The van der Waals surface area contributed by atoms with Crippen molar-refractivity contribution in [3.05, 3.63) is 66.6 Å². The van der Waals surface area contributed by atoms with Crippen LogP contribution in [0.4, 0.5) is 5.69 Å². The molecule has 0 unspecified atom stereocenters. The van der Waals surface area contributed by atoms with Crippen molar-refractivity contribution in [1.29, 1.82) is 0 Å². The van der Waals surface area contributed by atoms with Crippen LogP contribution in [0.2, 0.25) is 0 Å². The Hall–Kier alpha value is -3.01. The lowest BCUT2D eigenvalue weighted by Gasteiger charge is -2.05. The zero-order chi connectivity index (χ0) is 15.8. The van der Waals surface area contributed by atoms with Gasteiger partial charge >= 0.3 is 0 Å². The highest BCUT2D eigenvalue weighted by atomic mass is 16.3. The van der Waals surface area contributed by atoms with Crippen molar-refractivity contribution >= 4 is 33.4 Å². The minimum atomic E-state index is -0.169. The van der Waals surface area contributed by atoms with Crippen LogP contribution in [0.25, 0.3) is 21.8 Å². The highest BCUT2D eigenvalue weighted by Crippen LogP contribution is 2.31. The number of aryl methyl sites for hydroxylation is 1. The van der Waals surface area contributed by atoms with E-state index in [-0.39, 0.29) is 5.91 Å². The molecule has 114 valence electrons. The second-order valence-electron chi connectivity index (χ2n) is 5.46. The Morgan fingerprint density at radius 2 is 1.91 bits per heavy atom. The van der Waals surface area contributed by atoms with E-state index in [1.165, 1.54) is 28.9 Å². The Labute approximate surface area is 133 Å². The van der Waals surface area contributed by atoms with Crippen LogP contribution < -0.4 is 5.32 Å². The second kappa shape index (κ2) is 5.32. The smallest absolute Gasteiger partial charge is 0.258 e. The van der Waals surface area contributed by atoms with E-state index in [1.54, 1.807) is 6.07 Å². The number of benzene rings is 2. The van der Waals surface area contributed by atoms with Gasteiger partial charge in [-0.3, -0.25) is 4.79 Å². The standard InChI is InChI=1S/C19H16N2O2/c1-2-21-17-6-4-3-5-15(17)16-11-14(7-8-18(16)21)20-19(22)13-9-10-23-12-13/h3-12H,2H2,1H3,(H,20,22). The van der Waals surface area contributed by atoms with Crippen LogP contribution in [-0.4, -0.2) is 10.5 Å². The maximum absolute atomic E-state index is 12.2. The Balaban J connectivity index is 1.81. The van der Waals surface area contributed by atoms with Crippen LogP contribution in [-0.2, 0) is 6.54 Å². The molecule has 0 aliphatic heterocycles. The molecule has 4 aromatic rings. The maximum atomic E-state index is 12.2. The summed E-state index contributed by atoms with van der Waals surface area (Å²) in [6.45, 7) is 3.05. The number of nitrogens with one attached hydrogen (secondary N) is 1. The van der Waals surface area contributed by atoms with Gasteiger partial charge in [-0.15, -0.1) is 0 Å². The molecule has 0 bridgehead atoms. The van der Waals surface area contributed by atoms with Crippen molar-refractivity contribution in [2.45, 2.75) is 13.5 Å². The highest BCUT2D eigenvalue weighted by molar-refractivity contribution is 6.11. The van der Waals surface area contributed by atoms with Crippen LogP contribution in [0.5, 0.6) is 0 Å². The summed E-state index contributed by atoms with van der Waals surface area (Å²) < 4.78 is 7.24. The van der Waals surface area contributed by atoms with Crippen LogP contribution in [0, 0.1) is 0 Å². The molecular weight excluding hydrogens is 288 g/mol. The summed E-state index contributed by atoms with van der Waals surface area (Å²) in [5, 5.41) is 5.26. The molecule has 0 radical (unpaired) electrons. The van der Waals surface area contributed by atoms with Crippen LogP contribution in [0.1, 0.15) is 17.3 Å². The van der Waals surface area contributed by atoms with Gasteiger partial charge in [0.1, 0.15) is 6.26 Å².